The molecular weight excluding hydrogens is 293 g/mol. The summed E-state index contributed by atoms with van der Waals surface area (Å²) in [7, 11) is -3.88. The zero-order valence-electron chi connectivity index (χ0n) is 11.0. The van der Waals surface area contributed by atoms with Crippen LogP contribution in [-0.2, 0) is 10.0 Å². The lowest BCUT2D eigenvalue weighted by molar-refractivity contribution is 0.0982. The number of nitrogens with zero attached hydrogens (tertiary/aromatic N) is 1. The van der Waals surface area contributed by atoms with Crippen molar-refractivity contribution in [1.82, 2.24) is 0 Å². The van der Waals surface area contributed by atoms with Crippen LogP contribution in [-0.4, -0.2) is 20.7 Å². The fourth-order valence-electron chi connectivity index (χ4n) is 2.39. The lowest BCUT2D eigenvalue weighted by Crippen LogP contribution is -2.37. The fourth-order valence-corrected chi connectivity index (χ4v) is 3.91. The molecule has 0 N–H and O–H groups in total. The van der Waals surface area contributed by atoms with Gasteiger partial charge in [0, 0.05) is 18.5 Å². The topological polar surface area (TPSA) is 54.5 Å². The minimum Gasteiger partial charge on any atom is -0.294 e. The van der Waals surface area contributed by atoms with Crippen molar-refractivity contribution in [3.05, 3.63) is 59.9 Å². The number of anilines is 1. The van der Waals surface area contributed by atoms with Gasteiger partial charge in [0.15, 0.2) is 5.78 Å². The van der Waals surface area contributed by atoms with Gasteiger partial charge >= 0.3 is 0 Å². The number of benzene rings is 2. The smallest absolute Gasteiger partial charge is 0.264 e. The van der Waals surface area contributed by atoms with Crippen LogP contribution in [0, 0.1) is 5.82 Å². The Labute approximate surface area is 121 Å². The Bertz CT molecular complexity index is 817. The van der Waals surface area contributed by atoms with E-state index in [1.54, 1.807) is 24.3 Å². The number of hydrogen-bond acceptors (Lipinski definition) is 3. The molecule has 0 aliphatic carbocycles. The molecule has 0 unspecified atom stereocenters. The van der Waals surface area contributed by atoms with Gasteiger partial charge in [-0.25, -0.2) is 12.8 Å². The van der Waals surface area contributed by atoms with Crippen LogP contribution >= 0.6 is 0 Å². The largest absolute Gasteiger partial charge is 0.294 e. The molecule has 6 heteroatoms. The van der Waals surface area contributed by atoms with Gasteiger partial charge in [-0.05, 0) is 30.3 Å². The van der Waals surface area contributed by atoms with Crippen LogP contribution in [0.25, 0.3) is 0 Å². The molecule has 2 aromatic rings. The van der Waals surface area contributed by atoms with Crippen LogP contribution in [0.4, 0.5) is 10.1 Å². The molecule has 0 atom stereocenters. The number of fused-ring (bicyclic) bond motifs is 1. The number of carbonyl (C=O) groups is 1. The minimum absolute atomic E-state index is 0.0642. The lowest BCUT2D eigenvalue weighted by atomic mass is 10.0. The Kier molecular flexibility index (Phi) is 3.25. The van der Waals surface area contributed by atoms with Gasteiger partial charge < -0.3 is 0 Å². The van der Waals surface area contributed by atoms with Crippen LogP contribution in [0.2, 0.25) is 0 Å². The van der Waals surface area contributed by atoms with E-state index in [2.05, 4.69) is 0 Å². The summed E-state index contributed by atoms with van der Waals surface area (Å²) in [5.74, 6) is -0.700. The number of Topliss-reactive ketones (excluding diaryl/α,β-unsaturated/α-hetero) is 1. The molecule has 1 aliphatic heterocycles. The summed E-state index contributed by atoms with van der Waals surface area (Å²) in [5, 5.41) is 0. The van der Waals surface area contributed by atoms with Crippen molar-refractivity contribution in [3.63, 3.8) is 0 Å². The first kappa shape index (κ1) is 13.8. The highest BCUT2D eigenvalue weighted by Crippen LogP contribution is 2.31. The monoisotopic (exact) mass is 305 g/mol. The Morgan fingerprint density at radius 3 is 2.57 bits per heavy atom. The quantitative estimate of drug-likeness (QED) is 0.857. The number of ketones is 1. The first-order valence-electron chi connectivity index (χ1n) is 6.41. The van der Waals surface area contributed by atoms with Crippen LogP contribution in [0.1, 0.15) is 16.8 Å². The van der Waals surface area contributed by atoms with E-state index in [4.69, 9.17) is 0 Å². The number of halogens is 1. The van der Waals surface area contributed by atoms with Crippen molar-refractivity contribution in [3.8, 4) is 0 Å². The van der Waals surface area contributed by atoms with Crippen molar-refractivity contribution in [2.45, 2.75) is 11.3 Å². The van der Waals surface area contributed by atoms with Gasteiger partial charge in [0.2, 0.25) is 0 Å². The Balaban J connectivity index is 2.13. The van der Waals surface area contributed by atoms with Gasteiger partial charge in [-0.3, -0.25) is 9.10 Å². The number of rotatable bonds is 2. The SMILES string of the molecule is O=C1CCN(S(=O)(=O)c2cccc(F)c2)c2ccccc21. The van der Waals surface area contributed by atoms with E-state index < -0.39 is 15.8 Å². The number of para-hydroxylation sites is 1. The normalized spacial score (nSPS) is 14.9. The summed E-state index contributed by atoms with van der Waals surface area (Å²) in [6.07, 6.45) is 0.117. The second kappa shape index (κ2) is 4.96. The third-order valence-corrected chi connectivity index (χ3v) is 5.21. The van der Waals surface area contributed by atoms with E-state index in [-0.39, 0.29) is 23.6 Å². The zero-order valence-corrected chi connectivity index (χ0v) is 11.8. The van der Waals surface area contributed by atoms with Crippen molar-refractivity contribution in [2.24, 2.45) is 0 Å². The van der Waals surface area contributed by atoms with E-state index in [0.29, 0.717) is 11.3 Å². The van der Waals surface area contributed by atoms with Gasteiger partial charge in [-0.1, -0.05) is 18.2 Å². The number of hydrogen-bond donors (Lipinski definition) is 0. The average molecular weight is 305 g/mol. The van der Waals surface area contributed by atoms with E-state index >= 15 is 0 Å². The maximum Gasteiger partial charge on any atom is 0.264 e. The molecule has 0 radical (unpaired) electrons. The van der Waals surface area contributed by atoms with E-state index in [1.165, 1.54) is 22.5 Å². The highest BCUT2D eigenvalue weighted by molar-refractivity contribution is 7.92. The Morgan fingerprint density at radius 1 is 1.05 bits per heavy atom. The first-order chi connectivity index (χ1) is 10.00. The van der Waals surface area contributed by atoms with Crippen LogP contribution in [0.15, 0.2) is 53.4 Å². The Hall–Kier alpha value is -2.21. The molecular formula is C15H12FNO3S. The molecule has 0 spiro atoms. The minimum atomic E-state index is -3.88. The second-order valence-electron chi connectivity index (χ2n) is 4.72. The van der Waals surface area contributed by atoms with Gasteiger partial charge in [0.25, 0.3) is 10.0 Å². The predicted octanol–water partition coefficient (Wildman–Crippen LogP) is 2.61. The number of sulfonamides is 1. The summed E-state index contributed by atoms with van der Waals surface area (Å²) in [6, 6.07) is 11.4. The molecule has 1 heterocycles. The molecule has 0 amide bonds. The van der Waals surface area contributed by atoms with E-state index in [1.807, 2.05) is 0 Å². The highest BCUT2D eigenvalue weighted by Gasteiger charge is 2.32. The Morgan fingerprint density at radius 2 is 1.81 bits per heavy atom. The molecule has 0 bridgehead atoms. The summed E-state index contributed by atoms with van der Waals surface area (Å²) in [4.78, 5) is 11.7. The molecule has 0 aromatic heterocycles. The average Bonchev–Trinajstić information content (AvgIpc) is 2.47. The molecule has 2 aromatic carbocycles. The van der Waals surface area contributed by atoms with Gasteiger partial charge in [0.05, 0.1) is 10.6 Å². The zero-order chi connectivity index (χ0) is 15.0. The van der Waals surface area contributed by atoms with Crippen LogP contribution in [0.5, 0.6) is 0 Å². The lowest BCUT2D eigenvalue weighted by Gasteiger charge is -2.29. The standard InChI is InChI=1S/C15H12FNO3S/c16-11-4-3-5-12(10-11)21(19,20)17-9-8-15(18)13-6-1-2-7-14(13)17/h1-7,10H,8-9H2. The van der Waals surface area contributed by atoms with Crippen molar-refractivity contribution < 1.29 is 17.6 Å². The summed E-state index contributed by atoms with van der Waals surface area (Å²) >= 11 is 0. The number of carbonyl (C=O) groups excluding carboxylic acids is 1. The van der Waals surface area contributed by atoms with Crippen molar-refractivity contribution >= 4 is 21.5 Å². The molecule has 1 aliphatic rings. The van der Waals surface area contributed by atoms with Crippen molar-refractivity contribution in [1.29, 1.82) is 0 Å². The second-order valence-corrected chi connectivity index (χ2v) is 6.59. The maximum atomic E-state index is 13.3. The summed E-state index contributed by atoms with van der Waals surface area (Å²) < 4.78 is 39.8. The van der Waals surface area contributed by atoms with Gasteiger partial charge in [-0.2, -0.15) is 0 Å². The molecule has 3 rings (SSSR count). The molecule has 0 saturated carbocycles. The summed E-state index contributed by atoms with van der Waals surface area (Å²) in [6.45, 7) is 0.0642. The van der Waals surface area contributed by atoms with Crippen molar-refractivity contribution in [2.75, 3.05) is 10.8 Å². The van der Waals surface area contributed by atoms with Crippen LogP contribution in [0.3, 0.4) is 0 Å². The first-order valence-corrected chi connectivity index (χ1v) is 7.85. The summed E-state index contributed by atoms with van der Waals surface area (Å²) in [5.41, 5.74) is 0.724. The molecule has 0 saturated heterocycles. The molecule has 4 nitrogen and oxygen atoms in total. The van der Waals surface area contributed by atoms with Gasteiger partial charge in [0.1, 0.15) is 5.82 Å². The van der Waals surface area contributed by atoms with Crippen LogP contribution < -0.4 is 4.31 Å². The molecule has 21 heavy (non-hydrogen) atoms. The third kappa shape index (κ3) is 2.31. The maximum absolute atomic E-state index is 13.3. The van der Waals surface area contributed by atoms with E-state index in [9.17, 15) is 17.6 Å². The third-order valence-electron chi connectivity index (χ3n) is 3.40. The predicted molar refractivity (Wildman–Crippen MR) is 76.3 cm³/mol. The highest BCUT2D eigenvalue weighted by atomic mass is 32.2. The molecule has 0 fully saturated rings. The van der Waals surface area contributed by atoms with Gasteiger partial charge in [-0.15, -0.1) is 0 Å². The van der Waals surface area contributed by atoms with E-state index in [0.717, 1.165) is 6.07 Å². The fraction of sp³-hybridized carbons (Fsp3) is 0.133. The molecule has 108 valence electrons.